The van der Waals surface area contributed by atoms with Gasteiger partial charge < -0.3 is 0 Å². The van der Waals surface area contributed by atoms with E-state index in [2.05, 4.69) is 27.7 Å². The van der Waals surface area contributed by atoms with E-state index in [9.17, 15) is 0 Å². The van der Waals surface area contributed by atoms with Gasteiger partial charge in [-0.05, 0) is 29.6 Å². The molecule has 1 saturated carbocycles. The van der Waals surface area contributed by atoms with Gasteiger partial charge in [0.05, 0.1) is 7.85 Å². The minimum absolute atomic E-state index is 0.448. The first-order valence-corrected chi connectivity index (χ1v) is 5.16. The summed E-state index contributed by atoms with van der Waals surface area (Å²) < 4.78 is 0. The fraction of sp³-hybridized carbons (Fsp3) is 1.00. The Morgan fingerprint density at radius 3 is 2.17 bits per heavy atom. The second kappa shape index (κ2) is 3.08. The minimum atomic E-state index is 0.448. The normalized spacial score (nSPS) is 40.2. The minimum Gasteiger partial charge on any atom is -0.0829 e. The maximum Gasteiger partial charge on any atom is 0.0660 e. The van der Waals surface area contributed by atoms with E-state index in [0.29, 0.717) is 10.8 Å². The van der Waals surface area contributed by atoms with Gasteiger partial charge in [0.2, 0.25) is 0 Å². The molecular weight excluding hydrogens is 143 g/mol. The zero-order valence-corrected chi connectivity index (χ0v) is 8.98. The highest BCUT2D eigenvalue weighted by Gasteiger charge is 2.45. The molecule has 2 radical (unpaired) electrons. The van der Waals surface area contributed by atoms with E-state index in [1.165, 1.54) is 19.3 Å². The van der Waals surface area contributed by atoms with Crippen LogP contribution in [0.3, 0.4) is 0 Å². The molecule has 0 N–H and O–H groups in total. The van der Waals surface area contributed by atoms with Gasteiger partial charge in [0.15, 0.2) is 0 Å². The van der Waals surface area contributed by atoms with Crippen LogP contribution in [0, 0.1) is 16.7 Å². The van der Waals surface area contributed by atoms with Crippen LogP contribution in [-0.2, 0) is 0 Å². The molecule has 0 aliphatic heterocycles. The van der Waals surface area contributed by atoms with E-state index in [1.54, 1.807) is 0 Å². The van der Waals surface area contributed by atoms with E-state index in [4.69, 9.17) is 7.85 Å². The highest BCUT2D eigenvalue weighted by atomic mass is 14.5. The van der Waals surface area contributed by atoms with Crippen LogP contribution >= 0.6 is 0 Å². The lowest BCUT2D eigenvalue weighted by Gasteiger charge is -2.32. The summed E-state index contributed by atoms with van der Waals surface area (Å²) in [5.74, 6) is 0.808. The topological polar surface area (TPSA) is 0 Å². The third kappa shape index (κ3) is 1.55. The van der Waals surface area contributed by atoms with Gasteiger partial charge in [-0.15, -0.1) is 0 Å². The molecule has 2 unspecified atom stereocenters. The second-order valence-corrected chi connectivity index (χ2v) is 5.37. The molecule has 0 nitrogen and oxygen atoms in total. The second-order valence-electron chi connectivity index (χ2n) is 5.37. The standard InChI is InChI=1S/C11H21B/c1-5-11(8-12)7-10(3,4)6-9(11)2/h9H,5-8H2,1-4H3. The highest BCUT2D eigenvalue weighted by Crippen LogP contribution is 2.56. The van der Waals surface area contributed by atoms with Crippen molar-refractivity contribution in [2.75, 3.05) is 0 Å². The Labute approximate surface area is 78.5 Å². The average Bonchev–Trinajstić information content (AvgIpc) is 2.21. The maximum absolute atomic E-state index is 5.89. The lowest BCUT2D eigenvalue weighted by Crippen LogP contribution is -2.22. The van der Waals surface area contributed by atoms with Crippen molar-refractivity contribution < 1.29 is 0 Å². The van der Waals surface area contributed by atoms with Gasteiger partial charge in [-0.1, -0.05) is 40.4 Å². The predicted octanol–water partition coefficient (Wildman–Crippen LogP) is 3.43. The summed E-state index contributed by atoms with van der Waals surface area (Å²) in [4.78, 5) is 0. The van der Waals surface area contributed by atoms with Gasteiger partial charge in [-0.25, -0.2) is 0 Å². The van der Waals surface area contributed by atoms with Gasteiger partial charge in [0.25, 0.3) is 0 Å². The lowest BCUT2D eigenvalue weighted by molar-refractivity contribution is 0.225. The van der Waals surface area contributed by atoms with Crippen LogP contribution in [0.2, 0.25) is 6.32 Å². The van der Waals surface area contributed by atoms with Crippen LogP contribution in [-0.4, -0.2) is 7.85 Å². The van der Waals surface area contributed by atoms with Crippen molar-refractivity contribution in [1.29, 1.82) is 0 Å². The molecular formula is C11H21B. The van der Waals surface area contributed by atoms with Crippen molar-refractivity contribution in [3.05, 3.63) is 0 Å². The van der Waals surface area contributed by atoms with Crippen molar-refractivity contribution in [3.8, 4) is 0 Å². The van der Waals surface area contributed by atoms with Gasteiger partial charge in [-0.2, -0.15) is 0 Å². The highest BCUT2D eigenvalue weighted by molar-refractivity contribution is 6.09. The molecule has 12 heavy (non-hydrogen) atoms. The monoisotopic (exact) mass is 164 g/mol. The van der Waals surface area contributed by atoms with Gasteiger partial charge in [0.1, 0.15) is 0 Å². The van der Waals surface area contributed by atoms with Gasteiger partial charge >= 0.3 is 0 Å². The predicted molar refractivity (Wildman–Crippen MR) is 55.5 cm³/mol. The van der Waals surface area contributed by atoms with E-state index in [0.717, 1.165) is 12.2 Å². The first-order chi connectivity index (χ1) is 5.46. The number of hydrogen-bond donors (Lipinski definition) is 0. The van der Waals surface area contributed by atoms with E-state index >= 15 is 0 Å². The Kier molecular flexibility index (Phi) is 2.61. The SMILES string of the molecule is [B]CC1(CC)CC(C)(C)CC1C. The van der Waals surface area contributed by atoms with E-state index in [1.807, 2.05) is 0 Å². The van der Waals surface area contributed by atoms with Crippen LogP contribution in [0.5, 0.6) is 0 Å². The molecule has 0 amide bonds. The van der Waals surface area contributed by atoms with Crippen LogP contribution in [0.4, 0.5) is 0 Å². The third-order valence-electron chi connectivity index (χ3n) is 3.85. The summed E-state index contributed by atoms with van der Waals surface area (Å²) in [6.07, 6.45) is 4.77. The molecule has 1 heteroatoms. The molecule has 0 spiro atoms. The zero-order valence-electron chi connectivity index (χ0n) is 8.98. The fourth-order valence-corrected chi connectivity index (χ4v) is 3.14. The molecule has 0 aromatic rings. The Balaban J connectivity index is 2.79. The molecule has 68 valence electrons. The van der Waals surface area contributed by atoms with E-state index in [-0.39, 0.29) is 0 Å². The largest absolute Gasteiger partial charge is 0.0829 e. The Hall–Kier alpha value is 0.0649. The molecule has 0 heterocycles. The molecule has 1 aliphatic rings. The molecule has 0 saturated heterocycles. The summed E-state index contributed by atoms with van der Waals surface area (Å²) in [7, 11) is 5.89. The molecule has 1 rings (SSSR count). The Bertz CT molecular complexity index is 156. The lowest BCUT2D eigenvalue weighted by atomic mass is 9.67. The first kappa shape index (κ1) is 10.1. The Morgan fingerprint density at radius 1 is 1.42 bits per heavy atom. The molecule has 1 aliphatic carbocycles. The third-order valence-corrected chi connectivity index (χ3v) is 3.85. The molecule has 2 atom stereocenters. The van der Waals surface area contributed by atoms with Crippen LogP contribution in [0.15, 0.2) is 0 Å². The quantitative estimate of drug-likeness (QED) is 0.548. The number of hydrogen-bond acceptors (Lipinski definition) is 0. The van der Waals surface area contributed by atoms with E-state index < -0.39 is 0 Å². The molecule has 1 fully saturated rings. The van der Waals surface area contributed by atoms with Gasteiger partial charge in [-0.3, -0.25) is 0 Å². The average molecular weight is 164 g/mol. The summed E-state index contributed by atoms with van der Waals surface area (Å²) in [6, 6.07) is 0. The molecule has 0 aromatic heterocycles. The van der Waals surface area contributed by atoms with Crippen LogP contribution < -0.4 is 0 Å². The summed E-state index contributed by atoms with van der Waals surface area (Å²) in [5.41, 5.74) is 0.971. The summed E-state index contributed by atoms with van der Waals surface area (Å²) >= 11 is 0. The van der Waals surface area contributed by atoms with Crippen molar-refractivity contribution in [2.45, 2.75) is 53.3 Å². The Morgan fingerprint density at radius 2 is 2.00 bits per heavy atom. The first-order valence-electron chi connectivity index (χ1n) is 5.16. The van der Waals surface area contributed by atoms with Gasteiger partial charge in [0, 0.05) is 0 Å². The fourth-order valence-electron chi connectivity index (χ4n) is 3.14. The van der Waals surface area contributed by atoms with Crippen molar-refractivity contribution >= 4 is 7.85 Å². The zero-order chi connectivity index (χ0) is 9.41. The molecule has 0 aromatic carbocycles. The van der Waals surface area contributed by atoms with Crippen molar-refractivity contribution in [1.82, 2.24) is 0 Å². The maximum atomic E-state index is 5.89. The number of rotatable bonds is 2. The van der Waals surface area contributed by atoms with Crippen LogP contribution in [0.25, 0.3) is 0 Å². The summed E-state index contributed by atoms with van der Waals surface area (Å²) in [5, 5.41) is 0. The van der Waals surface area contributed by atoms with Crippen molar-refractivity contribution in [3.63, 3.8) is 0 Å². The molecule has 0 bridgehead atoms. The summed E-state index contributed by atoms with van der Waals surface area (Å²) in [6.45, 7) is 9.39. The smallest absolute Gasteiger partial charge is 0.0660 e. The van der Waals surface area contributed by atoms with Crippen LogP contribution in [0.1, 0.15) is 47.0 Å². The van der Waals surface area contributed by atoms with Crippen molar-refractivity contribution in [2.24, 2.45) is 16.7 Å².